The number of amides is 1. The lowest BCUT2D eigenvalue weighted by Crippen LogP contribution is -2.28. The maximum absolute atomic E-state index is 12.7. The van der Waals surface area contributed by atoms with Crippen LogP contribution in [0, 0.1) is 23.7 Å². The van der Waals surface area contributed by atoms with E-state index in [2.05, 4.69) is 33.9 Å². The number of hydrogen-bond acceptors (Lipinski definition) is 6. The van der Waals surface area contributed by atoms with Crippen molar-refractivity contribution in [3.63, 3.8) is 0 Å². The number of nitrogens with two attached hydrogens (primary N) is 1. The number of carbonyl (C=O) groups excluding carboxylic acids is 1. The average Bonchev–Trinajstić information content (AvgIpc) is 3.46. The standard InChI is InChI=1S/C24H23N5O4/c1-4-5-20(30)28-9-8-17(14-28)29-13-16(21-22(29)24(31)27-26-23(21)25)7-6-15-10-18(32-2)12-19(11-15)33-3/h10-13,17H,8-9,14H2,1-3H3,(H2,25,26)(H,27,31). The van der Waals surface area contributed by atoms with Crippen LogP contribution in [0.1, 0.15) is 30.5 Å². The van der Waals surface area contributed by atoms with Gasteiger partial charge in [-0.3, -0.25) is 9.59 Å². The minimum Gasteiger partial charge on any atom is -0.497 e. The van der Waals surface area contributed by atoms with Gasteiger partial charge in [0.05, 0.1) is 31.2 Å². The van der Waals surface area contributed by atoms with Crippen LogP contribution < -0.4 is 20.8 Å². The molecular formula is C24H23N5O4. The largest absolute Gasteiger partial charge is 0.497 e. The van der Waals surface area contributed by atoms with E-state index in [0.717, 1.165) is 0 Å². The van der Waals surface area contributed by atoms with Gasteiger partial charge in [-0.15, -0.1) is 0 Å². The highest BCUT2D eigenvalue weighted by atomic mass is 16.5. The number of ether oxygens (including phenoxy) is 2. The number of nitrogen functional groups attached to an aromatic ring is 1. The van der Waals surface area contributed by atoms with E-state index in [9.17, 15) is 9.59 Å². The first kappa shape index (κ1) is 21.8. The van der Waals surface area contributed by atoms with Gasteiger partial charge in [-0.25, -0.2) is 5.10 Å². The molecule has 9 nitrogen and oxygen atoms in total. The lowest BCUT2D eigenvalue weighted by Gasteiger charge is -2.15. The molecule has 0 saturated carbocycles. The van der Waals surface area contributed by atoms with Gasteiger partial charge < -0.3 is 24.7 Å². The van der Waals surface area contributed by atoms with E-state index in [0.29, 0.717) is 53.0 Å². The third-order valence-corrected chi connectivity index (χ3v) is 5.55. The highest BCUT2D eigenvalue weighted by molar-refractivity contribution is 5.95. The first-order valence-corrected chi connectivity index (χ1v) is 10.3. The molecule has 4 rings (SSSR count). The van der Waals surface area contributed by atoms with Crippen LogP contribution in [0.25, 0.3) is 10.9 Å². The van der Waals surface area contributed by atoms with Crippen molar-refractivity contribution in [1.29, 1.82) is 0 Å². The Labute approximate surface area is 190 Å². The average molecular weight is 445 g/mol. The molecule has 1 unspecified atom stereocenters. The summed E-state index contributed by atoms with van der Waals surface area (Å²) in [7, 11) is 3.14. The summed E-state index contributed by atoms with van der Waals surface area (Å²) >= 11 is 0. The topological polar surface area (TPSA) is 115 Å². The van der Waals surface area contributed by atoms with Crippen molar-refractivity contribution < 1.29 is 14.3 Å². The number of likely N-dealkylation sites (tertiary alicyclic amines) is 1. The zero-order chi connectivity index (χ0) is 23.5. The van der Waals surface area contributed by atoms with Crippen LogP contribution in [0.15, 0.2) is 29.2 Å². The second kappa shape index (κ2) is 9.01. The third-order valence-electron chi connectivity index (χ3n) is 5.55. The smallest absolute Gasteiger partial charge is 0.298 e. The number of carbonyl (C=O) groups is 1. The van der Waals surface area contributed by atoms with Crippen LogP contribution in [0.5, 0.6) is 11.5 Å². The quantitative estimate of drug-likeness (QED) is 0.591. The number of aromatic amines is 1. The van der Waals surface area contributed by atoms with E-state index in [4.69, 9.17) is 15.2 Å². The number of aromatic nitrogens is 3. The minimum atomic E-state index is -0.367. The van der Waals surface area contributed by atoms with E-state index in [1.54, 1.807) is 50.4 Å². The molecule has 0 aliphatic carbocycles. The maximum Gasteiger partial charge on any atom is 0.298 e. The van der Waals surface area contributed by atoms with Crippen LogP contribution in [-0.2, 0) is 4.79 Å². The van der Waals surface area contributed by atoms with Crippen LogP contribution in [-0.4, -0.2) is 52.9 Å². The number of methoxy groups -OCH3 is 2. The Hall–Kier alpha value is -4.37. The van der Waals surface area contributed by atoms with Crippen molar-refractivity contribution >= 4 is 22.6 Å². The zero-order valence-electron chi connectivity index (χ0n) is 18.6. The molecule has 0 bridgehead atoms. The molecular weight excluding hydrogens is 422 g/mol. The van der Waals surface area contributed by atoms with E-state index < -0.39 is 0 Å². The van der Waals surface area contributed by atoms with Crippen molar-refractivity contribution in [2.75, 3.05) is 33.0 Å². The van der Waals surface area contributed by atoms with Gasteiger partial charge in [0.2, 0.25) is 0 Å². The Morgan fingerprint density at radius 3 is 2.61 bits per heavy atom. The SMILES string of the molecule is CC#CC(=O)N1CCC(n2cc(C#Cc3cc(OC)cc(OC)c3)c3c(N)n[nH]c(=O)c32)C1. The van der Waals surface area contributed by atoms with Crippen LogP contribution >= 0.6 is 0 Å². The number of nitrogens with zero attached hydrogens (tertiary/aromatic N) is 3. The molecule has 1 fully saturated rings. The third kappa shape index (κ3) is 4.21. The molecule has 9 heteroatoms. The summed E-state index contributed by atoms with van der Waals surface area (Å²) in [6, 6.07) is 5.23. The Bertz CT molecular complexity index is 1390. The molecule has 1 aromatic carbocycles. The van der Waals surface area contributed by atoms with Crippen molar-refractivity contribution in [1.82, 2.24) is 19.7 Å². The fourth-order valence-corrected chi connectivity index (χ4v) is 3.98. The summed E-state index contributed by atoms with van der Waals surface area (Å²) in [6.07, 6.45) is 2.48. The second-order valence-electron chi connectivity index (χ2n) is 7.53. The van der Waals surface area contributed by atoms with Crippen molar-refractivity contribution in [2.24, 2.45) is 0 Å². The molecule has 2 aromatic heterocycles. The maximum atomic E-state index is 12.7. The molecule has 3 heterocycles. The van der Waals surface area contributed by atoms with Gasteiger partial charge in [0.1, 0.15) is 17.0 Å². The summed E-state index contributed by atoms with van der Waals surface area (Å²) < 4.78 is 12.4. The van der Waals surface area contributed by atoms with Crippen LogP contribution in [0.2, 0.25) is 0 Å². The van der Waals surface area contributed by atoms with Crippen molar-refractivity contribution in [3.05, 3.63) is 45.9 Å². The highest BCUT2D eigenvalue weighted by Crippen LogP contribution is 2.30. The lowest BCUT2D eigenvalue weighted by molar-refractivity contribution is -0.124. The first-order valence-electron chi connectivity index (χ1n) is 10.3. The van der Waals surface area contributed by atoms with E-state index in [1.165, 1.54) is 0 Å². The van der Waals surface area contributed by atoms with Gasteiger partial charge in [0.15, 0.2) is 5.82 Å². The summed E-state index contributed by atoms with van der Waals surface area (Å²) in [5, 5.41) is 6.85. The summed E-state index contributed by atoms with van der Waals surface area (Å²) in [4.78, 5) is 26.6. The predicted molar refractivity (Wildman–Crippen MR) is 124 cm³/mol. The highest BCUT2D eigenvalue weighted by Gasteiger charge is 2.29. The van der Waals surface area contributed by atoms with Gasteiger partial charge in [-0.1, -0.05) is 17.8 Å². The summed E-state index contributed by atoms with van der Waals surface area (Å²) in [6.45, 7) is 2.63. The fraction of sp³-hybridized carbons (Fsp3) is 0.292. The lowest BCUT2D eigenvalue weighted by atomic mass is 10.1. The molecule has 0 radical (unpaired) electrons. The number of hydrogen-bond donors (Lipinski definition) is 2. The molecule has 1 aliphatic rings. The second-order valence-corrected chi connectivity index (χ2v) is 7.53. The molecule has 1 aliphatic heterocycles. The molecule has 33 heavy (non-hydrogen) atoms. The number of nitrogens with one attached hydrogen (secondary N) is 1. The van der Waals surface area contributed by atoms with E-state index in [1.807, 2.05) is 4.57 Å². The Balaban J connectivity index is 1.79. The van der Waals surface area contributed by atoms with E-state index >= 15 is 0 Å². The number of fused-ring (bicyclic) bond motifs is 1. The van der Waals surface area contributed by atoms with Gasteiger partial charge in [0.25, 0.3) is 11.5 Å². The van der Waals surface area contributed by atoms with Gasteiger partial charge in [-0.05, 0) is 31.4 Å². The summed E-state index contributed by atoms with van der Waals surface area (Å²) in [5.74, 6) is 12.6. The predicted octanol–water partition coefficient (Wildman–Crippen LogP) is 1.52. The Kier molecular flexibility index (Phi) is 5.97. The molecule has 168 valence electrons. The monoisotopic (exact) mass is 445 g/mol. The molecule has 1 saturated heterocycles. The Morgan fingerprint density at radius 1 is 1.21 bits per heavy atom. The molecule has 1 amide bonds. The summed E-state index contributed by atoms with van der Waals surface area (Å²) in [5.41, 5.74) is 7.40. The Morgan fingerprint density at radius 2 is 1.94 bits per heavy atom. The number of rotatable bonds is 3. The van der Waals surface area contributed by atoms with E-state index in [-0.39, 0.29) is 23.3 Å². The van der Waals surface area contributed by atoms with Gasteiger partial charge in [0, 0.05) is 30.9 Å². The number of H-pyrrole nitrogens is 1. The van der Waals surface area contributed by atoms with Crippen LogP contribution in [0.3, 0.4) is 0 Å². The van der Waals surface area contributed by atoms with Gasteiger partial charge >= 0.3 is 0 Å². The first-order chi connectivity index (χ1) is 15.9. The molecule has 1 atom stereocenters. The zero-order valence-corrected chi connectivity index (χ0v) is 18.6. The normalized spacial score (nSPS) is 14.9. The molecule has 3 N–H and O–H groups in total. The number of anilines is 1. The molecule has 3 aromatic rings. The van der Waals surface area contributed by atoms with Crippen LogP contribution in [0.4, 0.5) is 5.82 Å². The van der Waals surface area contributed by atoms with Gasteiger partial charge in [-0.2, -0.15) is 5.10 Å². The number of benzene rings is 1. The minimum absolute atomic E-state index is 0.106. The van der Waals surface area contributed by atoms with Crippen molar-refractivity contribution in [3.8, 4) is 35.2 Å². The van der Waals surface area contributed by atoms with Crippen molar-refractivity contribution in [2.45, 2.75) is 19.4 Å². The fourth-order valence-electron chi connectivity index (χ4n) is 3.98. The molecule has 0 spiro atoms.